The van der Waals surface area contributed by atoms with Crippen LogP contribution in [-0.4, -0.2) is 11.8 Å². The fraction of sp³-hybridized carbons (Fsp3) is 0.417. The molecule has 0 amide bonds. The number of ketones is 1. The number of benzene rings is 1. The van der Waals surface area contributed by atoms with E-state index in [4.69, 9.17) is 0 Å². The van der Waals surface area contributed by atoms with Crippen LogP contribution in [0.2, 0.25) is 0 Å². The number of hydrogen-bond acceptors (Lipinski definition) is 2. The number of carbonyl (C=O) groups excluding carboxylic acids is 1. The molecule has 0 aliphatic heterocycles. The van der Waals surface area contributed by atoms with Crippen LogP contribution in [0.25, 0.3) is 0 Å². The topological polar surface area (TPSA) is 29.1 Å². The Morgan fingerprint density at radius 3 is 2.67 bits per heavy atom. The Bertz CT molecular complexity index is 347. The summed E-state index contributed by atoms with van der Waals surface area (Å²) >= 11 is 3.40. The Kier molecular flexibility index (Phi) is 3.41. The van der Waals surface area contributed by atoms with E-state index in [-0.39, 0.29) is 0 Å². The minimum absolute atomic E-state index is 0.326. The van der Waals surface area contributed by atoms with Crippen LogP contribution in [0.3, 0.4) is 0 Å². The van der Waals surface area contributed by atoms with Crippen LogP contribution in [-0.2, 0) is 4.79 Å². The van der Waals surface area contributed by atoms with Gasteiger partial charge in [0, 0.05) is 29.0 Å². The normalized spacial score (nSPS) is 21.4. The quantitative estimate of drug-likeness (QED) is 0.890. The van der Waals surface area contributed by atoms with Gasteiger partial charge in [-0.05, 0) is 37.1 Å². The molecule has 0 unspecified atom stereocenters. The molecule has 1 aliphatic carbocycles. The van der Waals surface area contributed by atoms with E-state index >= 15 is 0 Å². The van der Waals surface area contributed by atoms with E-state index in [1.54, 1.807) is 0 Å². The molecule has 2 rings (SSSR count). The molecule has 0 spiro atoms. The molecular formula is C12H14BrNO. The maximum Gasteiger partial charge on any atom is 0.134 e. The van der Waals surface area contributed by atoms with E-state index in [1.807, 2.05) is 24.3 Å². The van der Waals surface area contributed by atoms with Crippen molar-refractivity contribution in [1.82, 2.24) is 0 Å². The monoisotopic (exact) mass is 267 g/mol. The minimum Gasteiger partial charge on any atom is -0.382 e. The second kappa shape index (κ2) is 4.79. The molecular weight excluding hydrogens is 254 g/mol. The average Bonchev–Trinajstić information content (AvgIpc) is 2.22. The highest BCUT2D eigenvalue weighted by atomic mass is 79.9. The van der Waals surface area contributed by atoms with E-state index in [1.165, 1.54) is 0 Å². The van der Waals surface area contributed by atoms with Gasteiger partial charge in [0.25, 0.3) is 0 Å². The van der Waals surface area contributed by atoms with Gasteiger partial charge in [0.1, 0.15) is 5.78 Å². The molecule has 0 radical (unpaired) electrons. The van der Waals surface area contributed by atoms with Crippen molar-refractivity contribution in [2.45, 2.75) is 31.7 Å². The predicted octanol–water partition coefficient (Wildman–Crippen LogP) is 3.37. The van der Waals surface area contributed by atoms with Crippen molar-refractivity contribution in [2.24, 2.45) is 0 Å². The molecule has 1 fully saturated rings. The van der Waals surface area contributed by atoms with Crippen LogP contribution in [0.1, 0.15) is 25.7 Å². The molecule has 80 valence electrons. The first kappa shape index (κ1) is 10.7. The molecule has 1 aromatic rings. The summed E-state index contributed by atoms with van der Waals surface area (Å²) in [5.41, 5.74) is 1.10. The SMILES string of the molecule is O=C1CCC[C@H](Nc2ccc(Br)cc2)C1. The molecule has 1 N–H and O–H groups in total. The number of anilines is 1. The van der Waals surface area contributed by atoms with Crippen molar-refractivity contribution in [3.8, 4) is 0 Å². The molecule has 0 saturated heterocycles. The smallest absolute Gasteiger partial charge is 0.134 e. The first-order chi connectivity index (χ1) is 7.24. The Morgan fingerprint density at radius 2 is 2.00 bits per heavy atom. The lowest BCUT2D eigenvalue weighted by Gasteiger charge is -2.23. The fourth-order valence-electron chi connectivity index (χ4n) is 1.93. The number of Topliss-reactive ketones (excluding diaryl/α,β-unsaturated/α-hetero) is 1. The lowest BCUT2D eigenvalue weighted by atomic mass is 9.94. The summed E-state index contributed by atoms with van der Waals surface area (Å²) in [5, 5.41) is 3.40. The van der Waals surface area contributed by atoms with E-state index in [9.17, 15) is 4.79 Å². The van der Waals surface area contributed by atoms with Crippen LogP contribution in [0.5, 0.6) is 0 Å². The van der Waals surface area contributed by atoms with Crippen molar-refractivity contribution < 1.29 is 4.79 Å². The number of rotatable bonds is 2. The van der Waals surface area contributed by atoms with Crippen LogP contribution in [0.4, 0.5) is 5.69 Å². The molecule has 2 nitrogen and oxygen atoms in total. The summed E-state index contributed by atoms with van der Waals surface area (Å²) in [6, 6.07) is 8.40. The zero-order chi connectivity index (χ0) is 10.7. The zero-order valence-corrected chi connectivity index (χ0v) is 10.1. The fourth-order valence-corrected chi connectivity index (χ4v) is 2.19. The summed E-state index contributed by atoms with van der Waals surface area (Å²) in [4.78, 5) is 11.3. The molecule has 1 aliphatic rings. The van der Waals surface area contributed by atoms with Gasteiger partial charge < -0.3 is 5.32 Å². The summed E-state index contributed by atoms with van der Waals surface area (Å²) in [7, 11) is 0. The van der Waals surface area contributed by atoms with Crippen molar-refractivity contribution in [1.29, 1.82) is 0 Å². The van der Waals surface area contributed by atoms with E-state index in [2.05, 4.69) is 21.2 Å². The molecule has 0 aromatic heterocycles. The van der Waals surface area contributed by atoms with Gasteiger partial charge in [0.15, 0.2) is 0 Å². The molecule has 1 atom stereocenters. The van der Waals surface area contributed by atoms with E-state index in [0.717, 1.165) is 29.4 Å². The summed E-state index contributed by atoms with van der Waals surface area (Å²) < 4.78 is 1.08. The molecule has 15 heavy (non-hydrogen) atoms. The first-order valence-electron chi connectivity index (χ1n) is 5.28. The maximum atomic E-state index is 11.3. The number of nitrogens with one attached hydrogen (secondary N) is 1. The van der Waals surface area contributed by atoms with Crippen molar-refractivity contribution >= 4 is 27.4 Å². The molecule has 1 saturated carbocycles. The van der Waals surface area contributed by atoms with Gasteiger partial charge in [-0.3, -0.25) is 4.79 Å². The third-order valence-corrected chi connectivity index (χ3v) is 3.23. The lowest BCUT2D eigenvalue weighted by Crippen LogP contribution is -2.27. The van der Waals surface area contributed by atoms with Crippen molar-refractivity contribution in [2.75, 3.05) is 5.32 Å². The highest BCUT2D eigenvalue weighted by Gasteiger charge is 2.18. The second-order valence-corrected chi connectivity index (χ2v) is 4.90. The minimum atomic E-state index is 0.326. The lowest BCUT2D eigenvalue weighted by molar-refractivity contribution is -0.120. The van der Waals surface area contributed by atoms with E-state index < -0.39 is 0 Å². The van der Waals surface area contributed by atoms with E-state index in [0.29, 0.717) is 18.2 Å². The van der Waals surface area contributed by atoms with Crippen LogP contribution >= 0.6 is 15.9 Å². The van der Waals surface area contributed by atoms with Gasteiger partial charge in [-0.15, -0.1) is 0 Å². The third-order valence-electron chi connectivity index (χ3n) is 2.70. The Hall–Kier alpha value is -0.830. The van der Waals surface area contributed by atoms with Gasteiger partial charge in [-0.2, -0.15) is 0 Å². The maximum absolute atomic E-state index is 11.3. The van der Waals surface area contributed by atoms with Gasteiger partial charge in [-0.25, -0.2) is 0 Å². The van der Waals surface area contributed by atoms with Crippen LogP contribution < -0.4 is 5.32 Å². The van der Waals surface area contributed by atoms with Gasteiger partial charge in [0.2, 0.25) is 0 Å². The predicted molar refractivity (Wildman–Crippen MR) is 65.0 cm³/mol. The van der Waals surface area contributed by atoms with Gasteiger partial charge >= 0.3 is 0 Å². The number of carbonyl (C=O) groups is 1. The first-order valence-corrected chi connectivity index (χ1v) is 6.07. The molecule has 3 heteroatoms. The van der Waals surface area contributed by atoms with Gasteiger partial charge in [0.05, 0.1) is 0 Å². The van der Waals surface area contributed by atoms with Crippen LogP contribution in [0.15, 0.2) is 28.7 Å². The Morgan fingerprint density at radius 1 is 1.27 bits per heavy atom. The molecule has 1 aromatic carbocycles. The highest BCUT2D eigenvalue weighted by molar-refractivity contribution is 9.10. The summed E-state index contributed by atoms with van der Waals surface area (Å²) in [6.07, 6.45) is 3.56. The largest absolute Gasteiger partial charge is 0.382 e. The van der Waals surface area contributed by atoms with Gasteiger partial charge in [-0.1, -0.05) is 15.9 Å². The number of halogens is 1. The second-order valence-electron chi connectivity index (χ2n) is 3.98. The van der Waals surface area contributed by atoms with Crippen LogP contribution in [0, 0.1) is 0 Å². The summed E-state index contributed by atoms with van der Waals surface area (Å²) in [6.45, 7) is 0. The molecule has 0 heterocycles. The van der Waals surface area contributed by atoms with Crippen molar-refractivity contribution in [3.63, 3.8) is 0 Å². The molecule has 0 bridgehead atoms. The average molecular weight is 268 g/mol. The standard InChI is InChI=1S/C12H14BrNO/c13-9-4-6-10(7-5-9)14-11-2-1-3-12(15)8-11/h4-7,11,14H,1-3,8H2/t11-/m0/s1. The Labute approximate surface area is 98.2 Å². The zero-order valence-electron chi connectivity index (χ0n) is 8.50. The van der Waals surface area contributed by atoms with Crippen molar-refractivity contribution in [3.05, 3.63) is 28.7 Å². The third kappa shape index (κ3) is 3.06. The Balaban J connectivity index is 1.96. The number of hydrogen-bond donors (Lipinski definition) is 1. The highest BCUT2D eigenvalue weighted by Crippen LogP contribution is 2.20. The summed E-state index contributed by atoms with van der Waals surface area (Å²) in [5.74, 6) is 0.385.